The molecule has 13 heavy (non-hydrogen) atoms. The fourth-order valence-electron chi connectivity index (χ4n) is 1.17. The highest BCUT2D eigenvalue weighted by molar-refractivity contribution is 5.78. The molecule has 0 saturated carbocycles. The van der Waals surface area contributed by atoms with Crippen molar-refractivity contribution in [3.63, 3.8) is 0 Å². The summed E-state index contributed by atoms with van der Waals surface area (Å²) in [5.74, 6) is -1.07. The maximum atomic E-state index is 10.9. The normalized spacial score (nSPS) is 27.1. The highest BCUT2D eigenvalue weighted by Gasteiger charge is 2.34. The van der Waals surface area contributed by atoms with Gasteiger partial charge in [0.25, 0.3) is 0 Å². The Morgan fingerprint density at radius 2 is 2.46 bits per heavy atom. The molecule has 0 aromatic rings. The van der Waals surface area contributed by atoms with E-state index in [1.165, 1.54) is 0 Å². The molecule has 1 aliphatic rings. The molecule has 1 N–H and O–H groups in total. The second kappa shape index (κ2) is 4.23. The zero-order valence-corrected chi connectivity index (χ0v) is 7.36. The van der Waals surface area contributed by atoms with Crippen molar-refractivity contribution in [2.45, 2.75) is 32.0 Å². The second-order valence-corrected chi connectivity index (χ2v) is 2.82. The molecule has 1 fully saturated rings. The molecule has 1 aliphatic heterocycles. The molecular weight excluding hydrogens is 176 g/mol. The zero-order valence-electron chi connectivity index (χ0n) is 7.36. The van der Waals surface area contributed by atoms with Gasteiger partial charge in [-0.15, -0.1) is 0 Å². The highest BCUT2D eigenvalue weighted by atomic mass is 16.6. The van der Waals surface area contributed by atoms with Gasteiger partial charge in [0.1, 0.15) is 6.10 Å². The predicted octanol–water partition coefficient (Wildman–Crippen LogP) is -0.384. The smallest absolute Gasteiger partial charge is 0.335 e. The summed E-state index contributed by atoms with van der Waals surface area (Å²) in [7, 11) is 0. The zero-order chi connectivity index (χ0) is 9.84. The lowest BCUT2D eigenvalue weighted by molar-refractivity contribution is -0.151. The van der Waals surface area contributed by atoms with Crippen LogP contribution in [-0.2, 0) is 19.1 Å². The van der Waals surface area contributed by atoms with Crippen LogP contribution in [0.2, 0.25) is 0 Å². The van der Waals surface area contributed by atoms with Gasteiger partial charge >= 0.3 is 11.9 Å². The van der Waals surface area contributed by atoms with E-state index in [9.17, 15) is 9.59 Å². The fraction of sp³-hybridized carbons (Fsp3) is 0.750. The van der Waals surface area contributed by atoms with Crippen molar-refractivity contribution >= 4 is 11.9 Å². The van der Waals surface area contributed by atoms with E-state index in [0.29, 0.717) is 6.61 Å². The van der Waals surface area contributed by atoms with E-state index in [4.69, 9.17) is 9.84 Å². The van der Waals surface area contributed by atoms with Gasteiger partial charge in [0, 0.05) is 6.42 Å². The first-order valence-corrected chi connectivity index (χ1v) is 4.17. The number of esters is 2. The number of rotatable bonds is 3. The van der Waals surface area contributed by atoms with E-state index in [0.717, 1.165) is 0 Å². The molecule has 0 aromatic heterocycles. The van der Waals surface area contributed by atoms with E-state index in [-0.39, 0.29) is 12.8 Å². The lowest BCUT2D eigenvalue weighted by Gasteiger charge is -2.06. The molecule has 74 valence electrons. The third-order valence-electron chi connectivity index (χ3n) is 1.74. The fourth-order valence-corrected chi connectivity index (χ4v) is 1.17. The number of hydrogen-bond acceptors (Lipinski definition) is 5. The van der Waals surface area contributed by atoms with Gasteiger partial charge in [0.05, 0.1) is 13.0 Å². The minimum Gasteiger partial charge on any atom is -0.466 e. The molecular formula is C8H12O5. The van der Waals surface area contributed by atoms with Crippen LogP contribution in [0.1, 0.15) is 19.8 Å². The molecule has 5 heteroatoms. The van der Waals surface area contributed by atoms with Gasteiger partial charge in [-0.05, 0) is 6.92 Å². The number of ether oxygens (including phenoxy) is 2. The largest absolute Gasteiger partial charge is 0.466 e. The first-order valence-electron chi connectivity index (χ1n) is 4.17. The van der Waals surface area contributed by atoms with Crippen LogP contribution in [0, 0.1) is 0 Å². The van der Waals surface area contributed by atoms with Crippen LogP contribution in [0.4, 0.5) is 0 Å². The minimum absolute atomic E-state index is 0.0244. The second-order valence-electron chi connectivity index (χ2n) is 2.82. The van der Waals surface area contributed by atoms with Crippen LogP contribution in [0.3, 0.4) is 0 Å². The molecule has 1 rings (SSSR count). The van der Waals surface area contributed by atoms with E-state index >= 15 is 0 Å². The van der Waals surface area contributed by atoms with E-state index in [1.807, 2.05) is 0 Å². The molecule has 1 heterocycles. The first-order chi connectivity index (χ1) is 6.13. The van der Waals surface area contributed by atoms with Gasteiger partial charge < -0.3 is 14.6 Å². The van der Waals surface area contributed by atoms with Crippen molar-refractivity contribution in [2.75, 3.05) is 6.61 Å². The van der Waals surface area contributed by atoms with Crippen LogP contribution >= 0.6 is 0 Å². The van der Waals surface area contributed by atoms with Crippen molar-refractivity contribution in [2.24, 2.45) is 0 Å². The first kappa shape index (κ1) is 9.98. The summed E-state index contributed by atoms with van der Waals surface area (Å²) < 4.78 is 9.36. The van der Waals surface area contributed by atoms with Gasteiger partial charge in [0.2, 0.25) is 0 Å². The summed E-state index contributed by atoms with van der Waals surface area (Å²) in [4.78, 5) is 21.6. The number of hydrogen-bond donors (Lipinski definition) is 1. The maximum Gasteiger partial charge on any atom is 0.335 e. The van der Waals surface area contributed by atoms with Crippen molar-refractivity contribution < 1.29 is 24.2 Å². The van der Waals surface area contributed by atoms with Crippen LogP contribution in [-0.4, -0.2) is 35.9 Å². The molecule has 0 amide bonds. The highest BCUT2D eigenvalue weighted by Crippen LogP contribution is 2.17. The Hall–Kier alpha value is -1.10. The quantitative estimate of drug-likeness (QED) is 0.611. The molecule has 0 bridgehead atoms. The molecule has 0 unspecified atom stereocenters. The lowest BCUT2D eigenvalue weighted by Crippen LogP contribution is -2.15. The Bertz CT molecular complexity index is 213. The number of aliphatic hydroxyl groups excluding tert-OH is 1. The molecule has 0 radical (unpaired) electrons. The van der Waals surface area contributed by atoms with Gasteiger partial charge in [-0.3, -0.25) is 4.79 Å². The van der Waals surface area contributed by atoms with Crippen molar-refractivity contribution in [3.05, 3.63) is 0 Å². The van der Waals surface area contributed by atoms with Gasteiger partial charge in [0.15, 0.2) is 6.10 Å². The topological polar surface area (TPSA) is 72.8 Å². The minimum atomic E-state index is -1.08. The van der Waals surface area contributed by atoms with E-state index in [2.05, 4.69) is 4.74 Å². The number of carbonyl (C=O) groups excluding carboxylic acids is 2. The lowest BCUT2D eigenvalue weighted by atomic mass is 10.1. The van der Waals surface area contributed by atoms with E-state index in [1.54, 1.807) is 6.92 Å². The van der Waals surface area contributed by atoms with Crippen molar-refractivity contribution in [3.8, 4) is 0 Å². The van der Waals surface area contributed by atoms with Crippen LogP contribution in [0.25, 0.3) is 0 Å². The summed E-state index contributed by atoms with van der Waals surface area (Å²) in [5, 5.41) is 8.98. The van der Waals surface area contributed by atoms with Crippen molar-refractivity contribution in [1.82, 2.24) is 0 Å². The molecule has 0 spiro atoms. The van der Waals surface area contributed by atoms with Crippen LogP contribution < -0.4 is 0 Å². The standard InChI is InChI=1S/C8H12O5/c1-2-12-7(10)4-5-3-6(9)8(11)13-5/h5-6,9H,2-4H2,1H3/t5-,6-/m0/s1. The Balaban J connectivity index is 2.31. The van der Waals surface area contributed by atoms with Gasteiger partial charge in [-0.1, -0.05) is 0 Å². The summed E-state index contributed by atoms with van der Waals surface area (Å²) >= 11 is 0. The number of carbonyl (C=O) groups is 2. The Labute approximate surface area is 75.6 Å². The molecule has 0 aromatic carbocycles. The summed E-state index contributed by atoms with van der Waals surface area (Å²) in [5.41, 5.74) is 0. The number of aliphatic hydroxyl groups is 1. The molecule has 5 nitrogen and oxygen atoms in total. The Morgan fingerprint density at radius 1 is 1.77 bits per heavy atom. The third-order valence-corrected chi connectivity index (χ3v) is 1.74. The molecule has 2 atom stereocenters. The summed E-state index contributed by atoms with van der Waals surface area (Å²) in [6, 6.07) is 0. The Morgan fingerprint density at radius 3 is 2.92 bits per heavy atom. The average molecular weight is 188 g/mol. The predicted molar refractivity (Wildman–Crippen MR) is 41.8 cm³/mol. The maximum absolute atomic E-state index is 10.9. The third kappa shape index (κ3) is 2.69. The Kier molecular flexibility index (Phi) is 3.25. The summed E-state index contributed by atoms with van der Waals surface area (Å²) in [6.45, 7) is 2.01. The van der Waals surface area contributed by atoms with Crippen LogP contribution in [0.5, 0.6) is 0 Å². The van der Waals surface area contributed by atoms with Gasteiger partial charge in [-0.25, -0.2) is 4.79 Å². The monoisotopic (exact) mass is 188 g/mol. The van der Waals surface area contributed by atoms with Crippen molar-refractivity contribution in [1.29, 1.82) is 0 Å². The molecule has 1 saturated heterocycles. The van der Waals surface area contributed by atoms with Crippen LogP contribution in [0.15, 0.2) is 0 Å². The van der Waals surface area contributed by atoms with E-state index < -0.39 is 24.1 Å². The average Bonchev–Trinajstić information content (AvgIpc) is 2.31. The molecule has 0 aliphatic carbocycles. The SMILES string of the molecule is CCOC(=O)C[C@@H]1C[C@H](O)C(=O)O1. The number of cyclic esters (lactones) is 1. The summed E-state index contributed by atoms with van der Waals surface area (Å²) in [6.07, 6.45) is -1.41. The van der Waals surface area contributed by atoms with Gasteiger partial charge in [-0.2, -0.15) is 0 Å².